The standard InChI is InChI=1S/C15H14ClN3S/c1-19-14(15(17)11-6-7-20-9-11)8-13(18-19)10-2-4-12(16)5-3-10/h2-9,15H,17H2,1H3. The molecule has 0 radical (unpaired) electrons. The number of nitrogens with zero attached hydrogens (tertiary/aromatic N) is 2. The fraction of sp³-hybridized carbons (Fsp3) is 0.133. The predicted molar refractivity (Wildman–Crippen MR) is 84.0 cm³/mol. The molecule has 0 fully saturated rings. The smallest absolute Gasteiger partial charge is 0.0926 e. The van der Waals surface area contributed by atoms with E-state index in [0.717, 1.165) is 27.5 Å². The number of hydrogen-bond donors (Lipinski definition) is 1. The van der Waals surface area contributed by atoms with Crippen LogP contribution in [0.2, 0.25) is 5.02 Å². The highest BCUT2D eigenvalue weighted by Crippen LogP contribution is 2.26. The zero-order chi connectivity index (χ0) is 14.1. The molecule has 5 heteroatoms. The number of hydrogen-bond acceptors (Lipinski definition) is 3. The van der Waals surface area contributed by atoms with E-state index in [9.17, 15) is 0 Å². The van der Waals surface area contributed by atoms with Crippen molar-refractivity contribution >= 4 is 22.9 Å². The summed E-state index contributed by atoms with van der Waals surface area (Å²) in [4.78, 5) is 0. The summed E-state index contributed by atoms with van der Waals surface area (Å²) in [5.41, 5.74) is 10.4. The average molecular weight is 304 g/mol. The molecule has 0 bridgehead atoms. The predicted octanol–water partition coefficient (Wildman–Crippen LogP) is 3.85. The van der Waals surface area contributed by atoms with E-state index in [1.807, 2.05) is 53.5 Å². The Hall–Kier alpha value is -1.62. The van der Waals surface area contributed by atoms with Gasteiger partial charge >= 0.3 is 0 Å². The Bertz CT molecular complexity index is 701. The first-order chi connectivity index (χ1) is 9.65. The Kier molecular flexibility index (Phi) is 3.61. The van der Waals surface area contributed by atoms with Gasteiger partial charge in [0.05, 0.1) is 17.4 Å². The monoisotopic (exact) mass is 303 g/mol. The molecule has 2 N–H and O–H groups in total. The van der Waals surface area contributed by atoms with Crippen molar-refractivity contribution in [2.45, 2.75) is 6.04 Å². The lowest BCUT2D eigenvalue weighted by Gasteiger charge is -2.09. The van der Waals surface area contributed by atoms with Gasteiger partial charge < -0.3 is 5.73 Å². The lowest BCUT2D eigenvalue weighted by molar-refractivity contribution is 0.675. The average Bonchev–Trinajstić information content (AvgIpc) is 3.08. The topological polar surface area (TPSA) is 43.8 Å². The lowest BCUT2D eigenvalue weighted by Crippen LogP contribution is -2.15. The van der Waals surface area contributed by atoms with Crippen molar-refractivity contribution in [2.24, 2.45) is 12.8 Å². The molecule has 1 atom stereocenters. The normalized spacial score (nSPS) is 12.6. The fourth-order valence-corrected chi connectivity index (χ4v) is 2.98. The summed E-state index contributed by atoms with van der Waals surface area (Å²) in [6.07, 6.45) is 0. The molecule has 0 aliphatic rings. The quantitative estimate of drug-likeness (QED) is 0.798. The number of aryl methyl sites for hydroxylation is 1. The third-order valence-corrected chi connectivity index (χ3v) is 4.23. The van der Waals surface area contributed by atoms with Gasteiger partial charge in [-0.2, -0.15) is 16.4 Å². The van der Waals surface area contributed by atoms with Gasteiger partial charge in [-0.3, -0.25) is 4.68 Å². The molecule has 0 aliphatic carbocycles. The highest BCUT2D eigenvalue weighted by atomic mass is 35.5. The minimum atomic E-state index is -0.153. The van der Waals surface area contributed by atoms with Gasteiger partial charge in [-0.1, -0.05) is 23.7 Å². The highest BCUT2D eigenvalue weighted by molar-refractivity contribution is 7.08. The number of benzene rings is 1. The number of halogens is 1. The lowest BCUT2D eigenvalue weighted by atomic mass is 10.1. The van der Waals surface area contributed by atoms with Gasteiger partial charge in [0.1, 0.15) is 0 Å². The first-order valence-corrected chi connectivity index (χ1v) is 7.55. The van der Waals surface area contributed by atoms with Gasteiger partial charge in [0, 0.05) is 17.6 Å². The van der Waals surface area contributed by atoms with E-state index >= 15 is 0 Å². The van der Waals surface area contributed by atoms with Crippen LogP contribution in [0.5, 0.6) is 0 Å². The molecule has 1 unspecified atom stereocenters. The second-order valence-corrected chi connectivity index (χ2v) is 5.84. The molecule has 0 amide bonds. The number of nitrogens with two attached hydrogens (primary N) is 1. The van der Waals surface area contributed by atoms with Crippen LogP contribution in [0.3, 0.4) is 0 Å². The Morgan fingerprint density at radius 3 is 2.65 bits per heavy atom. The Labute approximate surface area is 126 Å². The summed E-state index contributed by atoms with van der Waals surface area (Å²) in [6.45, 7) is 0. The molecule has 0 saturated carbocycles. The minimum absolute atomic E-state index is 0.153. The van der Waals surface area contributed by atoms with Crippen LogP contribution in [-0.4, -0.2) is 9.78 Å². The van der Waals surface area contributed by atoms with Crippen molar-refractivity contribution < 1.29 is 0 Å². The molecular weight excluding hydrogens is 290 g/mol. The van der Waals surface area contributed by atoms with Gasteiger partial charge in [0.15, 0.2) is 0 Å². The molecular formula is C15H14ClN3S. The summed E-state index contributed by atoms with van der Waals surface area (Å²) in [7, 11) is 1.92. The van der Waals surface area contributed by atoms with Gasteiger partial charge in [-0.05, 0) is 40.6 Å². The molecule has 20 heavy (non-hydrogen) atoms. The van der Waals surface area contributed by atoms with E-state index in [-0.39, 0.29) is 6.04 Å². The second kappa shape index (κ2) is 5.40. The minimum Gasteiger partial charge on any atom is -0.319 e. The zero-order valence-corrected chi connectivity index (χ0v) is 12.5. The highest BCUT2D eigenvalue weighted by Gasteiger charge is 2.15. The number of aromatic nitrogens is 2. The van der Waals surface area contributed by atoms with Crippen LogP contribution in [-0.2, 0) is 7.05 Å². The van der Waals surface area contributed by atoms with Crippen LogP contribution >= 0.6 is 22.9 Å². The maximum atomic E-state index is 6.30. The summed E-state index contributed by atoms with van der Waals surface area (Å²) >= 11 is 7.56. The molecule has 2 heterocycles. The van der Waals surface area contributed by atoms with E-state index in [1.54, 1.807) is 11.3 Å². The van der Waals surface area contributed by atoms with E-state index in [4.69, 9.17) is 17.3 Å². The zero-order valence-electron chi connectivity index (χ0n) is 11.0. The molecule has 102 valence electrons. The van der Waals surface area contributed by atoms with E-state index in [2.05, 4.69) is 10.5 Å². The Morgan fingerprint density at radius 1 is 1.25 bits per heavy atom. The molecule has 0 spiro atoms. The van der Waals surface area contributed by atoms with E-state index in [0.29, 0.717) is 0 Å². The van der Waals surface area contributed by atoms with Crippen LogP contribution in [0.25, 0.3) is 11.3 Å². The summed E-state index contributed by atoms with van der Waals surface area (Å²) in [5.74, 6) is 0. The van der Waals surface area contributed by atoms with Crippen LogP contribution < -0.4 is 5.73 Å². The number of rotatable bonds is 3. The van der Waals surface area contributed by atoms with Crippen LogP contribution in [0.4, 0.5) is 0 Å². The summed E-state index contributed by atoms with van der Waals surface area (Å²) in [6, 6.07) is 11.6. The first kappa shape index (κ1) is 13.4. The van der Waals surface area contributed by atoms with Gasteiger partial charge in [0.25, 0.3) is 0 Å². The SMILES string of the molecule is Cn1nc(-c2ccc(Cl)cc2)cc1C(N)c1ccsc1. The number of thiophene rings is 1. The molecule has 0 aliphatic heterocycles. The van der Waals surface area contributed by atoms with Crippen molar-refractivity contribution in [3.8, 4) is 11.3 Å². The maximum Gasteiger partial charge on any atom is 0.0926 e. The fourth-order valence-electron chi connectivity index (χ4n) is 2.16. The first-order valence-electron chi connectivity index (χ1n) is 6.22. The molecule has 0 saturated heterocycles. The van der Waals surface area contributed by atoms with Crippen molar-refractivity contribution in [1.82, 2.24) is 9.78 Å². The largest absolute Gasteiger partial charge is 0.319 e. The molecule has 1 aromatic carbocycles. The van der Waals surface area contributed by atoms with E-state index < -0.39 is 0 Å². The Morgan fingerprint density at radius 2 is 2.00 bits per heavy atom. The summed E-state index contributed by atoms with van der Waals surface area (Å²) < 4.78 is 1.84. The molecule has 2 aromatic heterocycles. The second-order valence-electron chi connectivity index (χ2n) is 4.62. The Balaban J connectivity index is 1.97. The third kappa shape index (κ3) is 2.50. The molecule has 3 rings (SSSR count). The van der Waals surface area contributed by atoms with Gasteiger partial charge in [-0.25, -0.2) is 0 Å². The van der Waals surface area contributed by atoms with Crippen LogP contribution in [0, 0.1) is 0 Å². The van der Waals surface area contributed by atoms with Gasteiger partial charge in [0.2, 0.25) is 0 Å². The molecule has 3 aromatic rings. The van der Waals surface area contributed by atoms with Crippen LogP contribution in [0.15, 0.2) is 47.2 Å². The van der Waals surface area contributed by atoms with Crippen molar-refractivity contribution in [3.63, 3.8) is 0 Å². The van der Waals surface area contributed by atoms with Gasteiger partial charge in [-0.15, -0.1) is 0 Å². The van der Waals surface area contributed by atoms with Crippen molar-refractivity contribution in [3.05, 3.63) is 63.4 Å². The van der Waals surface area contributed by atoms with E-state index in [1.165, 1.54) is 0 Å². The van der Waals surface area contributed by atoms with Crippen molar-refractivity contribution in [2.75, 3.05) is 0 Å². The third-order valence-electron chi connectivity index (χ3n) is 3.28. The molecule has 3 nitrogen and oxygen atoms in total. The van der Waals surface area contributed by atoms with Crippen LogP contribution in [0.1, 0.15) is 17.3 Å². The van der Waals surface area contributed by atoms with Crippen molar-refractivity contribution in [1.29, 1.82) is 0 Å². The maximum absolute atomic E-state index is 6.30. The summed E-state index contributed by atoms with van der Waals surface area (Å²) in [5, 5.41) is 9.36.